The molecular weight excluding hydrogens is 263 g/mol. The zero-order chi connectivity index (χ0) is 10.4. The molecule has 1 nitrogen and oxygen atoms in total. The van der Waals surface area contributed by atoms with Crippen LogP contribution < -0.4 is 0 Å². The standard InChI is InChI=1S/C11H12BrClO/c12-8-4-3-7-11(14)9-5-1-2-6-10(9)13/h1-2,5-6H,3-4,7-8H2. The molecule has 76 valence electrons. The van der Waals surface area contributed by atoms with Crippen LogP contribution in [0.15, 0.2) is 24.3 Å². The van der Waals surface area contributed by atoms with Crippen molar-refractivity contribution in [2.45, 2.75) is 19.3 Å². The first-order chi connectivity index (χ1) is 6.75. The molecule has 0 aliphatic carbocycles. The van der Waals surface area contributed by atoms with Gasteiger partial charge in [-0.1, -0.05) is 39.7 Å². The van der Waals surface area contributed by atoms with Crippen molar-refractivity contribution in [3.05, 3.63) is 34.9 Å². The van der Waals surface area contributed by atoms with E-state index in [1.54, 1.807) is 12.1 Å². The Morgan fingerprint density at radius 1 is 1.29 bits per heavy atom. The summed E-state index contributed by atoms with van der Waals surface area (Å²) >= 11 is 9.23. The fourth-order valence-electron chi connectivity index (χ4n) is 1.20. The van der Waals surface area contributed by atoms with E-state index < -0.39 is 0 Å². The molecule has 1 aromatic carbocycles. The Bertz CT molecular complexity index is 312. The Balaban J connectivity index is 2.56. The first-order valence-corrected chi connectivity index (χ1v) is 6.09. The maximum absolute atomic E-state index is 11.6. The molecule has 0 unspecified atom stereocenters. The lowest BCUT2D eigenvalue weighted by molar-refractivity contribution is 0.0980. The minimum Gasteiger partial charge on any atom is -0.294 e. The lowest BCUT2D eigenvalue weighted by Gasteiger charge is -2.01. The van der Waals surface area contributed by atoms with Crippen molar-refractivity contribution in [1.82, 2.24) is 0 Å². The van der Waals surface area contributed by atoms with Crippen LogP contribution in [0.4, 0.5) is 0 Å². The van der Waals surface area contributed by atoms with Crippen molar-refractivity contribution < 1.29 is 4.79 Å². The second kappa shape index (κ2) is 6.20. The van der Waals surface area contributed by atoms with Gasteiger partial charge in [-0.3, -0.25) is 4.79 Å². The molecule has 0 radical (unpaired) electrons. The van der Waals surface area contributed by atoms with Gasteiger partial charge in [-0.25, -0.2) is 0 Å². The van der Waals surface area contributed by atoms with Crippen LogP contribution in [-0.4, -0.2) is 11.1 Å². The molecule has 0 spiro atoms. The van der Waals surface area contributed by atoms with Gasteiger partial charge < -0.3 is 0 Å². The van der Waals surface area contributed by atoms with Gasteiger partial charge in [0.25, 0.3) is 0 Å². The number of unbranched alkanes of at least 4 members (excludes halogenated alkanes) is 1. The molecule has 3 heteroatoms. The number of Topliss-reactive ketones (excluding diaryl/α,β-unsaturated/α-hetero) is 1. The number of rotatable bonds is 5. The van der Waals surface area contributed by atoms with Crippen LogP contribution in [0.1, 0.15) is 29.6 Å². The van der Waals surface area contributed by atoms with Gasteiger partial charge in [0.1, 0.15) is 0 Å². The summed E-state index contributed by atoms with van der Waals surface area (Å²) in [4.78, 5) is 11.6. The zero-order valence-corrected chi connectivity index (χ0v) is 10.1. The molecule has 0 aliphatic rings. The van der Waals surface area contributed by atoms with Gasteiger partial charge in [-0.05, 0) is 25.0 Å². The monoisotopic (exact) mass is 274 g/mol. The van der Waals surface area contributed by atoms with E-state index >= 15 is 0 Å². The Kier molecular flexibility index (Phi) is 5.20. The van der Waals surface area contributed by atoms with Crippen LogP contribution in [0.2, 0.25) is 5.02 Å². The normalized spacial score (nSPS) is 10.1. The molecule has 0 atom stereocenters. The molecule has 0 aromatic heterocycles. The van der Waals surface area contributed by atoms with Gasteiger partial charge in [-0.15, -0.1) is 0 Å². The first-order valence-electron chi connectivity index (χ1n) is 4.59. The highest BCUT2D eigenvalue weighted by Crippen LogP contribution is 2.17. The van der Waals surface area contributed by atoms with Gasteiger partial charge >= 0.3 is 0 Å². The number of hydrogen-bond acceptors (Lipinski definition) is 1. The van der Waals surface area contributed by atoms with E-state index in [1.807, 2.05) is 12.1 Å². The van der Waals surface area contributed by atoms with E-state index in [0.29, 0.717) is 17.0 Å². The Morgan fingerprint density at radius 2 is 2.00 bits per heavy atom. The van der Waals surface area contributed by atoms with Crippen molar-refractivity contribution in [2.75, 3.05) is 5.33 Å². The van der Waals surface area contributed by atoms with Crippen molar-refractivity contribution in [1.29, 1.82) is 0 Å². The number of alkyl halides is 1. The molecule has 0 bridgehead atoms. The fourth-order valence-corrected chi connectivity index (χ4v) is 1.84. The number of carbonyl (C=O) groups is 1. The smallest absolute Gasteiger partial charge is 0.164 e. The van der Waals surface area contributed by atoms with Crippen LogP contribution in [0, 0.1) is 0 Å². The van der Waals surface area contributed by atoms with Gasteiger partial charge in [0.2, 0.25) is 0 Å². The third-order valence-corrected chi connectivity index (χ3v) is 2.85. The zero-order valence-electron chi connectivity index (χ0n) is 7.80. The topological polar surface area (TPSA) is 17.1 Å². The highest BCUT2D eigenvalue weighted by molar-refractivity contribution is 9.09. The second-order valence-electron chi connectivity index (χ2n) is 3.05. The molecule has 0 N–H and O–H groups in total. The quantitative estimate of drug-likeness (QED) is 0.449. The summed E-state index contributed by atoms with van der Waals surface area (Å²) in [6.45, 7) is 0. The van der Waals surface area contributed by atoms with Gasteiger partial charge in [-0.2, -0.15) is 0 Å². The Morgan fingerprint density at radius 3 is 2.64 bits per heavy atom. The summed E-state index contributed by atoms with van der Waals surface area (Å²) in [6, 6.07) is 7.19. The van der Waals surface area contributed by atoms with E-state index in [9.17, 15) is 4.79 Å². The first kappa shape index (κ1) is 11.7. The van der Waals surface area contributed by atoms with E-state index in [-0.39, 0.29) is 5.78 Å². The third-order valence-electron chi connectivity index (χ3n) is 1.96. The molecule has 0 saturated heterocycles. The summed E-state index contributed by atoms with van der Waals surface area (Å²) < 4.78 is 0. The van der Waals surface area contributed by atoms with Crippen molar-refractivity contribution in [3.8, 4) is 0 Å². The van der Waals surface area contributed by atoms with Crippen molar-refractivity contribution in [3.63, 3.8) is 0 Å². The molecular formula is C11H12BrClO. The molecule has 0 saturated carbocycles. The average Bonchev–Trinajstić information content (AvgIpc) is 2.18. The van der Waals surface area contributed by atoms with E-state index in [0.717, 1.165) is 18.2 Å². The number of hydrogen-bond donors (Lipinski definition) is 0. The maximum atomic E-state index is 11.6. The lowest BCUT2D eigenvalue weighted by atomic mass is 10.1. The highest BCUT2D eigenvalue weighted by atomic mass is 79.9. The molecule has 1 rings (SSSR count). The number of carbonyl (C=O) groups excluding carboxylic acids is 1. The van der Waals surface area contributed by atoms with Gasteiger partial charge in [0, 0.05) is 17.3 Å². The summed E-state index contributed by atoms with van der Waals surface area (Å²) in [5, 5.41) is 1.50. The summed E-state index contributed by atoms with van der Waals surface area (Å²) in [5.74, 6) is 0.136. The van der Waals surface area contributed by atoms with Gasteiger partial charge in [0.05, 0.1) is 5.02 Å². The summed E-state index contributed by atoms with van der Waals surface area (Å²) in [5.41, 5.74) is 0.642. The van der Waals surface area contributed by atoms with E-state index in [4.69, 9.17) is 11.6 Å². The van der Waals surface area contributed by atoms with Crippen LogP contribution in [0.3, 0.4) is 0 Å². The number of ketones is 1. The molecule has 0 fully saturated rings. The minimum atomic E-state index is 0.136. The molecule has 1 aromatic rings. The predicted molar refractivity (Wildman–Crippen MR) is 63.4 cm³/mol. The van der Waals surface area contributed by atoms with Crippen molar-refractivity contribution >= 4 is 33.3 Å². The number of halogens is 2. The van der Waals surface area contributed by atoms with Crippen LogP contribution in [-0.2, 0) is 0 Å². The van der Waals surface area contributed by atoms with E-state index in [2.05, 4.69) is 15.9 Å². The Labute approximate surface area is 97.6 Å². The Hall–Kier alpha value is -0.340. The van der Waals surface area contributed by atoms with Gasteiger partial charge in [0.15, 0.2) is 5.78 Å². The fraction of sp³-hybridized carbons (Fsp3) is 0.364. The minimum absolute atomic E-state index is 0.136. The SMILES string of the molecule is O=C(CCCCBr)c1ccccc1Cl. The van der Waals surface area contributed by atoms with Crippen LogP contribution in [0.25, 0.3) is 0 Å². The third kappa shape index (κ3) is 3.43. The second-order valence-corrected chi connectivity index (χ2v) is 4.25. The largest absolute Gasteiger partial charge is 0.294 e. The van der Waals surface area contributed by atoms with Crippen LogP contribution >= 0.6 is 27.5 Å². The lowest BCUT2D eigenvalue weighted by Crippen LogP contribution is -1.99. The predicted octanol–water partition coefficient (Wildman–Crippen LogP) is 4.09. The summed E-state index contributed by atoms with van der Waals surface area (Å²) in [7, 11) is 0. The highest BCUT2D eigenvalue weighted by Gasteiger charge is 2.08. The number of benzene rings is 1. The molecule has 14 heavy (non-hydrogen) atoms. The van der Waals surface area contributed by atoms with Crippen molar-refractivity contribution in [2.24, 2.45) is 0 Å². The molecule has 0 aliphatic heterocycles. The maximum Gasteiger partial charge on any atom is 0.164 e. The molecule has 0 heterocycles. The molecule has 0 amide bonds. The van der Waals surface area contributed by atoms with E-state index in [1.165, 1.54) is 0 Å². The summed E-state index contributed by atoms with van der Waals surface area (Å²) in [6.07, 6.45) is 2.51. The average molecular weight is 276 g/mol. The van der Waals surface area contributed by atoms with Crippen LogP contribution in [0.5, 0.6) is 0 Å².